The first kappa shape index (κ1) is 36.5. The van der Waals surface area contributed by atoms with Gasteiger partial charge in [-0.2, -0.15) is 26.3 Å². The average molecular weight is 675 g/mol. The average Bonchev–Trinajstić information content (AvgIpc) is 3.50. The molecule has 0 aliphatic carbocycles. The first-order chi connectivity index (χ1) is 20.2. The van der Waals surface area contributed by atoms with Gasteiger partial charge < -0.3 is 15.0 Å². The van der Waals surface area contributed by atoms with E-state index in [1.54, 1.807) is 35.3 Å². The number of urea groups is 1. The normalized spacial score (nSPS) is 12.1. The van der Waals surface area contributed by atoms with Crippen LogP contribution in [0, 0.1) is 11.7 Å². The van der Waals surface area contributed by atoms with E-state index < -0.39 is 53.2 Å². The van der Waals surface area contributed by atoms with Gasteiger partial charge in [-0.25, -0.2) is 32.1 Å². The van der Waals surface area contributed by atoms with Crippen LogP contribution in [0.4, 0.5) is 35.5 Å². The van der Waals surface area contributed by atoms with E-state index in [-0.39, 0.29) is 22.2 Å². The van der Waals surface area contributed by atoms with Crippen LogP contribution in [0.25, 0.3) is 11.1 Å². The Morgan fingerprint density at radius 3 is 2.27 bits per heavy atom. The van der Waals surface area contributed by atoms with Crippen LogP contribution in [0.3, 0.4) is 0 Å². The van der Waals surface area contributed by atoms with Crippen molar-refractivity contribution < 1.29 is 53.8 Å². The highest BCUT2D eigenvalue weighted by atomic mass is 32.2. The molecule has 0 aliphatic heterocycles. The fraction of sp³-hybridized carbons (Fsp3) is 0.423. The number of alkyl halides is 6. The summed E-state index contributed by atoms with van der Waals surface area (Å²) in [5, 5.41) is 9.02. The van der Waals surface area contributed by atoms with Gasteiger partial charge in [-0.3, -0.25) is 0 Å². The van der Waals surface area contributed by atoms with Crippen LogP contribution >= 0.6 is 11.3 Å². The number of halogens is 7. The number of amides is 2. The van der Waals surface area contributed by atoms with Crippen LogP contribution in [-0.2, 0) is 34.2 Å². The summed E-state index contributed by atoms with van der Waals surface area (Å²) in [5.74, 6) is -2.30. The number of sulfonamides is 1. The Morgan fingerprint density at radius 1 is 1.11 bits per heavy atom. The SMILES string of the molecule is CCc1nccn1Cc1ccc(-c2cc(CC(C)C)sc2S(=O)(=O)NC(=O)NCCC(F)(F)F)cc1F.O=C(O)C(F)(F)F. The molecular weight excluding hydrogens is 645 g/mol. The van der Waals surface area contributed by atoms with Crippen molar-refractivity contribution in [3.8, 4) is 11.1 Å². The van der Waals surface area contributed by atoms with Crippen molar-refractivity contribution in [2.75, 3.05) is 6.54 Å². The van der Waals surface area contributed by atoms with Crippen LogP contribution in [-0.4, -0.2) is 54.0 Å². The monoisotopic (exact) mass is 674 g/mol. The largest absolute Gasteiger partial charge is 0.490 e. The zero-order valence-corrected chi connectivity index (χ0v) is 25.1. The third kappa shape index (κ3) is 11.1. The number of carboxylic acids is 1. The molecule has 0 unspecified atom stereocenters. The lowest BCUT2D eigenvalue weighted by Crippen LogP contribution is -2.40. The Kier molecular flexibility index (Phi) is 12.3. The first-order valence-electron chi connectivity index (χ1n) is 12.8. The number of nitrogens with one attached hydrogen (secondary N) is 2. The number of thiophene rings is 1. The van der Waals surface area contributed by atoms with E-state index >= 15 is 4.39 Å². The number of benzene rings is 1. The maximum atomic E-state index is 15.1. The van der Waals surface area contributed by atoms with Gasteiger partial charge in [0, 0.05) is 41.4 Å². The second kappa shape index (κ2) is 14.9. The standard InChI is InChI=1S/C24H28F4N4O3S2.C2HF3O2/c1-4-21-29-9-10-32(21)14-17-6-5-16(12-20(17)25)19-13-18(11-15(2)3)36-22(19)37(34,35)31-23(33)30-8-7-24(26,27)28;3-2(4,5)1(6)7/h5-6,9-10,12-13,15H,4,7-8,11,14H2,1-3H3,(H2,30,31,33);(H,6,7). The lowest BCUT2D eigenvalue weighted by Gasteiger charge is -2.11. The van der Waals surface area contributed by atoms with Crippen LogP contribution in [0.15, 0.2) is 40.9 Å². The summed E-state index contributed by atoms with van der Waals surface area (Å²) in [7, 11) is -4.45. The van der Waals surface area contributed by atoms with Crippen LogP contribution in [0.5, 0.6) is 0 Å². The number of carbonyl (C=O) groups excluding carboxylic acids is 1. The molecule has 0 bridgehead atoms. The number of rotatable bonds is 10. The Labute approximate surface area is 252 Å². The highest BCUT2D eigenvalue weighted by Crippen LogP contribution is 2.37. The second-order valence-corrected chi connectivity index (χ2v) is 12.7. The minimum Gasteiger partial charge on any atom is -0.475 e. The zero-order chi connectivity index (χ0) is 33.5. The molecule has 244 valence electrons. The van der Waals surface area contributed by atoms with E-state index in [9.17, 15) is 39.6 Å². The summed E-state index contributed by atoms with van der Waals surface area (Å²) in [6.45, 7) is 5.33. The minimum atomic E-state index is -5.08. The number of carbonyl (C=O) groups is 2. The fourth-order valence-corrected chi connectivity index (χ4v) is 6.55. The molecule has 9 nitrogen and oxygen atoms in total. The van der Waals surface area contributed by atoms with E-state index in [4.69, 9.17) is 9.90 Å². The molecule has 0 spiro atoms. The Balaban J connectivity index is 0.000000860. The lowest BCUT2D eigenvalue weighted by molar-refractivity contribution is -0.192. The predicted molar refractivity (Wildman–Crippen MR) is 147 cm³/mol. The molecule has 2 amide bonds. The zero-order valence-electron chi connectivity index (χ0n) is 23.5. The molecule has 0 atom stereocenters. The minimum absolute atomic E-state index is 0.197. The van der Waals surface area contributed by atoms with Gasteiger partial charge in [0.1, 0.15) is 15.9 Å². The van der Waals surface area contributed by atoms with Crippen LogP contribution in [0.2, 0.25) is 0 Å². The molecule has 3 N–H and O–H groups in total. The Hall–Kier alpha value is -3.67. The highest BCUT2D eigenvalue weighted by molar-refractivity contribution is 7.92. The molecule has 3 aromatic rings. The number of aryl methyl sites for hydroxylation is 1. The van der Waals surface area contributed by atoms with Crippen LogP contribution < -0.4 is 10.0 Å². The van der Waals surface area contributed by atoms with Gasteiger partial charge >= 0.3 is 24.4 Å². The van der Waals surface area contributed by atoms with Gasteiger partial charge in [0.05, 0.1) is 13.0 Å². The maximum Gasteiger partial charge on any atom is 0.490 e. The molecule has 2 aromatic heterocycles. The summed E-state index contributed by atoms with van der Waals surface area (Å²) in [6.07, 6.45) is -6.27. The molecular formula is C26H29F7N4O5S2. The summed E-state index contributed by atoms with van der Waals surface area (Å²) in [5.41, 5.74) is 0.894. The quantitative estimate of drug-likeness (QED) is 0.222. The van der Waals surface area contributed by atoms with Crippen molar-refractivity contribution in [2.45, 2.75) is 63.1 Å². The molecule has 18 heteroatoms. The van der Waals surface area contributed by atoms with E-state index in [1.807, 2.05) is 30.7 Å². The van der Waals surface area contributed by atoms with Crippen LogP contribution in [0.1, 0.15) is 43.5 Å². The van der Waals surface area contributed by atoms with E-state index in [0.29, 0.717) is 28.8 Å². The van der Waals surface area contributed by atoms with Gasteiger partial charge in [0.15, 0.2) is 0 Å². The van der Waals surface area contributed by atoms with Crippen molar-refractivity contribution in [3.63, 3.8) is 0 Å². The summed E-state index contributed by atoms with van der Waals surface area (Å²) in [6, 6.07) is 4.77. The topological polar surface area (TPSA) is 130 Å². The van der Waals surface area contributed by atoms with Crippen molar-refractivity contribution in [1.82, 2.24) is 19.6 Å². The molecule has 0 fully saturated rings. The van der Waals surface area contributed by atoms with Gasteiger partial charge in [-0.15, -0.1) is 11.3 Å². The van der Waals surface area contributed by atoms with Gasteiger partial charge in [0.2, 0.25) is 0 Å². The van der Waals surface area contributed by atoms with Gasteiger partial charge in [0.25, 0.3) is 10.0 Å². The number of aliphatic carboxylic acids is 1. The molecule has 3 rings (SSSR count). The number of imidazole rings is 1. The number of nitrogens with zero attached hydrogens (tertiary/aromatic N) is 2. The third-order valence-corrected chi connectivity index (χ3v) is 8.61. The third-order valence-electron chi connectivity index (χ3n) is 5.59. The fourth-order valence-electron chi connectivity index (χ4n) is 3.67. The predicted octanol–water partition coefficient (Wildman–Crippen LogP) is 6.13. The summed E-state index contributed by atoms with van der Waals surface area (Å²) < 4.78 is 113. The molecule has 44 heavy (non-hydrogen) atoms. The maximum absolute atomic E-state index is 15.1. The molecule has 0 saturated heterocycles. The number of hydrogen-bond acceptors (Lipinski definition) is 6. The Morgan fingerprint density at radius 2 is 1.75 bits per heavy atom. The van der Waals surface area contributed by atoms with E-state index in [0.717, 1.165) is 17.2 Å². The highest BCUT2D eigenvalue weighted by Gasteiger charge is 2.38. The van der Waals surface area contributed by atoms with Crippen molar-refractivity contribution in [1.29, 1.82) is 0 Å². The number of aromatic nitrogens is 2. The molecule has 2 heterocycles. The van der Waals surface area contributed by atoms with E-state index in [1.165, 1.54) is 6.07 Å². The second-order valence-electron chi connectivity index (χ2n) is 9.67. The van der Waals surface area contributed by atoms with Crippen molar-refractivity contribution in [3.05, 3.63) is 58.7 Å². The van der Waals surface area contributed by atoms with Crippen molar-refractivity contribution in [2.24, 2.45) is 5.92 Å². The molecule has 1 aromatic carbocycles. The number of carboxylic acid groups (broad SMARTS) is 1. The smallest absolute Gasteiger partial charge is 0.475 e. The summed E-state index contributed by atoms with van der Waals surface area (Å²) >= 11 is 0.933. The number of hydrogen-bond donors (Lipinski definition) is 3. The summed E-state index contributed by atoms with van der Waals surface area (Å²) in [4.78, 5) is 25.8. The van der Waals surface area contributed by atoms with Gasteiger partial charge in [-0.05, 0) is 30.0 Å². The van der Waals surface area contributed by atoms with E-state index in [2.05, 4.69) is 4.98 Å². The molecule has 0 radical (unpaired) electrons. The van der Waals surface area contributed by atoms with Crippen molar-refractivity contribution >= 4 is 33.4 Å². The Bertz CT molecular complexity index is 1550. The molecule has 0 aliphatic rings. The molecule has 0 saturated carbocycles. The first-order valence-corrected chi connectivity index (χ1v) is 15.1. The lowest BCUT2D eigenvalue weighted by atomic mass is 10.0. The van der Waals surface area contributed by atoms with Gasteiger partial charge in [-0.1, -0.05) is 32.9 Å².